The van der Waals surface area contributed by atoms with Crippen molar-refractivity contribution in [1.82, 2.24) is 4.90 Å². The fourth-order valence-corrected chi connectivity index (χ4v) is 3.79. The lowest BCUT2D eigenvalue weighted by atomic mass is 9.82. The minimum absolute atomic E-state index is 0.343. The molecule has 0 N–H and O–H groups in total. The molecule has 96 valence electrons. The highest BCUT2D eigenvalue weighted by atomic mass is 16.5. The number of hydrogen-bond acceptors (Lipinski definition) is 3. The molecular weight excluding hydrogens is 214 g/mol. The Kier molecular flexibility index (Phi) is 3.01. The summed E-state index contributed by atoms with van der Waals surface area (Å²) in [4.78, 5) is 2.65. The molecule has 1 saturated carbocycles. The highest BCUT2D eigenvalue weighted by Gasteiger charge is 2.47. The Morgan fingerprint density at radius 3 is 2.82 bits per heavy atom. The van der Waals surface area contributed by atoms with Gasteiger partial charge in [-0.25, -0.2) is 0 Å². The molecule has 3 rings (SSSR count). The molecule has 0 aromatic carbocycles. The van der Waals surface area contributed by atoms with Crippen molar-refractivity contribution in [3.63, 3.8) is 0 Å². The minimum Gasteiger partial charge on any atom is -0.383 e. The second-order valence-electron chi connectivity index (χ2n) is 5.83. The van der Waals surface area contributed by atoms with Gasteiger partial charge in [-0.3, -0.25) is 4.90 Å². The maximum absolute atomic E-state index is 5.46. The van der Waals surface area contributed by atoms with Crippen molar-refractivity contribution >= 4 is 0 Å². The van der Waals surface area contributed by atoms with Gasteiger partial charge in [0.25, 0.3) is 0 Å². The van der Waals surface area contributed by atoms with E-state index >= 15 is 0 Å². The molecule has 3 fully saturated rings. The summed E-state index contributed by atoms with van der Waals surface area (Å²) in [7, 11) is 3.66. The Morgan fingerprint density at radius 1 is 1.29 bits per heavy atom. The van der Waals surface area contributed by atoms with E-state index in [4.69, 9.17) is 9.47 Å². The van der Waals surface area contributed by atoms with Gasteiger partial charge in [0, 0.05) is 26.3 Å². The Morgan fingerprint density at radius 2 is 2.12 bits per heavy atom. The average molecular weight is 237 g/mol. The van der Waals surface area contributed by atoms with Gasteiger partial charge in [0.05, 0.1) is 12.7 Å². The molecule has 0 amide bonds. The average Bonchev–Trinajstić information content (AvgIpc) is 2.73. The van der Waals surface area contributed by atoms with Gasteiger partial charge >= 0.3 is 0 Å². The predicted molar refractivity (Wildman–Crippen MR) is 67.1 cm³/mol. The van der Waals surface area contributed by atoms with E-state index in [-0.39, 0.29) is 0 Å². The van der Waals surface area contributed by atoms with Gasteiger partial charge in [-0.15, -0.1) is 0 Å². The van der Waals surface area contributed by atoms with Crippen LogP contribution in [0.3, 0.4) is 0 Å². The predicted octanol–water partition coefficient (Wildman–Crippen LogP) is 1.98. The topological polar surface area (TPSA) is 21.7 Å². The Bertz CT molecular complexity index is 331. The zero-order chi connectivity index (χ0) is 11.9. The van der Waals surface area contributed by atoms with Crippen LogP contribution in [0.15, 0.2) is 11.1 Å². The SMILES string of the molecule is COCC12CCCN1CC(=C1CC(OC)C1)C2. The zero-order valence-corrected chi connectivity index (χ0v) is 11.0. The van der Waals surface area contributed by atoms with Crippen molar-refractivity contribution in [2.75, 3.05) is 33.9 Å². The molecule has 1 atom stereocenters. The summed E-state index contributed by atoms with van der Waals surface area (Å²) in [6.07, 6.45) is 6.72. The third-order valence-corrected chi connectivity index (χ3v) is 4.86. The first-order chi connectivity index (χ1) is 8.27. The van der Waals surface area contributed by atoms with E-state index in [1.807, 2.05) is 14.2 Å². The molecule has 3 heteroatoms. The molecule has 1 unspecified atom stereocenters. The summed E-state index contributed by atoms with van der Waals surface area (Å²) in [5, 5.41) is 0. The van der Waals surface area contributed by atoms with E-state index in [1.54, 1.807) is 11.1 Å². The van der Waals surface area contributed by atoms with E-state index in [9.17, 15) is 0 Å². The van der Waals surface area contributed by atoms with Crippen molar-refractivity contribution in [2.24, 2.45) is 0 Å². The standard InChI is InChI=1S/C14H23NO2/c1-16-10-14-4-3-5-15(14)9-12(8-14)11-6-13(7-11)17-2/h13H,3-10H2,1-2H3. The normalized spacial score (nSPS) is 37.4. The molecule has 0 aromatic rings. The van der Waals surface area contributed by atoms with Crippen molar-refractivity contribution in [1.29, 1.82) is 0 Å². The van der Waals surface area contributed by atoms with E-state index in [1.165, 1.54) is 45.2 Å². The first-order valence-corrected chi connectivity index (χ1v) is 6.74. The number of fused-ring (bicyclic) bond motifs is 1. The smallest absolute Gasteiger partial charge is 0.0649 e. The lowest BCUT2D eigenvalue weighted by Crippen LogP contribution is -2.42. The lowest BCUT2D eigenvalue weighted by molar-refractivity contribution is 0.0655. The van der Waals surface area contributed by atoms with Crippen LogP contribution < -0.4 is 0 Å². The summed E-state index contributed by atoms with van der Waals surface area (Å²) in [5.74, 6) is 0. The van der Waals surface area contributed by atoms with Gasteiger partial charge in [0.1, 0.15) is 0 Å². The Balaban J connectivity index is 1.72. The second-order valence-corrected chi connectivity index (χ2v) is 5.83. The second kappa shape index (κ2) is 4.38. The van der Waals surface area contributed by atoms with Crippen LogP contribution in [0.1, 0.15) is 32.1 Å². The fraction of sp³-hybridized carbons (Fsp3) is 0.857. The van der Waals surface area contributed by atoms with Crippen molar-refractivity contribution in [3.8, 4) is 0 Å². The van der Waals surface area contributed by atoms with Crippen molar-refractivity contribution in [2.45, 2.75) is 43.7 Å². The molecule has 3 aliphatic rings. The fourth-order valence-electron chi connectivity index (χ4n) is 3.79. The number of rotatable bonds is 3. The van der Waals surface area contributed by atoms with Crippen molar-refractivity contribution in [3.05, 3.63) is 11.1 Å². The van der Waals surface area contributed by atoms with Gasteiger partial charge in [-0.2, -0.15) is 0 Å². The summed E-state index contributed by atoms with van der Waals surface area (Å²) in [5.41, 5.74) is 3.70. The molecule has 2 aliphatic heterocycles. The highest BCUT2D eigenvalue weighted by Crippen LogP contribution is 2.45. The summed E-state index contributed by atoms with van der Waals surface area (Å²) in [6, 6.07) is 0. The van der Waals surface area contributed by atoms with E-state index < -0.39 is 0 Å². The van der Waals surface area contributed by atoms with Gasteiger partial charge in [-0.05, 0) is 38.6 Å². The Hall–Kier alpha value is -0.380. The molecule has 0 aromatic heterocycles. The summed E-state index contributed by atoms with van der Waals surface area (Å²) in [6.45, 7) is 3.35. The number of ether oxygens (including phenoxy) is 2. The maximum Gasteiger partial charge on any atom is 0.0649 e. The van der Waals surface area contributed by atoms with Crippen LogP contribution in [-0.2, 0) is 9.47 Å². The summed E-state index contributed by atoms with van der Waals surface area (Å²) >= 11 is 0. The van der Waals surface area contributed by atoms with Crippen molar-refractivity contribution < 1.29 is 9.47 Å². The van der Waals surface area contributed by atoms with Crippen LogP contribution in [0, 0.1) is 0 Å². The van der Waals surface area contributed by atoms with Crippen LogP contribution in [0.5, 0.6) is 0 Å². The molecule has 0 bridgehead atoms. The van der Waals surface area contributed by atoms with Gasteiger partial charge < -0.3 is 9.47 Å². The van der Waals surface area contributed by atoms with Crippen LogP contribution in [0.2, 0.25) is 0 Å². The largest absolute Gasteiger partial charge is 0.383 e. The van der Waals surface area contributed by atoms with Gasteiger partial charge in [0.2, 0.25) is 0 Å². The first kappa shape index (κ1) is 11.7. The number of hydrogen-bond donors (Lipinski definition) is 0. The van der Waals surface area contributed by atoms with Crippen LogP contribution in [-0.4, -0.2) is 50.5 Å². The van der Waals surface area contributed by atoms with E-state index in [2.05, 4.69) is 4.90 Å². The van der Waals surface area contributed by atoms with E-state index in [0.29, 0.717) is 11.6 Å². The lowest BCUT2D eigenvalue weighted by Gasteiger charge is -2.31. The Labute approximate surface area is 104 Å². The minimum atomic E-state index is 0.343. The van der Waals surface area contributed by atoms with Crippen LogP contribution in [0.25, 0.3) is 0 Å². The quantitative estimate of drug-likeness (QED) is 0.701. The monoisotopic (exact) mass is 237 g/mol. The maximum atomic E-state index is 5.46. The number of methoxy groups -OCH3 is 2. The van der Waals surface area contributed by atoms with Gasteiger partial charge in [-0.1, -0.05) is 11.1 Å². The molecule has 2 heterocycles. The molecule has 17 heavy (non-hydrogen) atoms. The molecular formula is C14H23NO2. The van der Waals surface area contributed by atoms with Gasteiger partial charge in [0.15, 0.2) is 0 Å². The molecule has 0 spiro atoms. The van der Waals surface area contributed by atoms with Crippen LogP contribution >= 0.6 is 0 Å². The van der Waals surface area contributed by atoms with Crippen LogP contribution in [0.4, 0.5) is 0 Å². The first-order valence-electron chi connectivity index (χ1n) is 6.74. The molecule has 2 saturated heterocycles. The number of nitrogens with zero attached hydrogens (tertiary/aromatic N) is 1. The zero-order valence-electron chi connectivity index (χ0n) is 11.0. The highest BCUT2D eigenvalue weighted by molar-refractivity contribution is 5.30. The molecule has 1 aliphatic carbocycles. The summed E-state index contributed by atoms with van der Waals surface area (Å²) < 4.78 is 10.8. The van der Waals surface area contributed by atoms with E-state index in [0.717, 1.165) is 6.61 Å². The third-order valence-electron chi connectivity index (χ3n) is 4.86. The third kappa shape index (κ3) is 1.85. The molecule has 3 nitrogen and oxygen atoms in total. The molecule has 0 radical (unpaired) electrons.